The molecule has 1 N–H and O–H groups in total. The summed E-state index contributed by atoms with van der Waals surface area (Å²) in [6, 6.07) is 8.24. The lowest BCUT2D eigenvalue weighted by Crippen LogP contribution is -2.36. The fourth-order valence-electron chi connectivity index (χ4n) is 2.49. The van der Waals surface area contributed by atoms with Crippen LogP contribution in [0.5, 0.6) is 5.75 Å². The van der Waals surface area contributed by atoms with Crippen molar-refractivity contribution in [3.63, 3.8) is 0 Å². The van der Waals surface area contributed by atoms with Crippen molar-refractivity contribution in [1.82, 2.24) is 10.3 Å². The van der Waals surface area contributed by atoms with Gasteiger partial charge in [-0.2, -0.15) is 0 Å². The number of nitrogens with one attached hydrogen (secondary N) is 1. The molecule has 26 heavy (non-hydrogen) atoms. The lowest BCUT2D eigenvalue weighted by atomic mass is 10.1. The van der Waals surface area contributed by atoms with Crippen LogP contribution in [-0.4, -0.2) is 17.0 Å². The molecule has 1 atom stereocenters. The molecule has 0 aliphatic heterocycles. The van der Waals surface area contributed by atoms with Crippen LogP contribution in [0.3, 0.4) is 0 Å². The van der Waals surface area contributed by atoms with Crippen LogP contribution in [0.4, 0.5) is 0 Å². The van der Waals surface area contributed by atoms with Gasteiger partial charge in [0.15, 0.2) is 6.10 Å². The standard InChI is InChI=1S/C19H17ClN2O4/c1-11-6-18(23)26-16-8-17(15(20)7-14(11)16)25-12(2)19(24)22-10-13-4-3-5-21-9-13/h3-9,12H,10H2,1-2H3,(H,22,24). The number of ether oxygens (including phenoxy) is 1. The number of halogens is 1. The number of nitrogens with zero attached hydrogens (tertiary/aromatic N) is 1. The first-order valence-electron chi connectivity index (χ1n) is 8.01. The highest BCUT2D eigenvalue weighted by atomic mass is 35.5. The van der Waals surface area contributed by atoms with Crippen LogP contribution in [0, 0.1) is 6.92 Å². The number of hydrogen-bond acceptors (Lipinski definition) is 5. The Balaban J connectivity index is 1.74. The summed E-state index contributed by atoms with van der Waals surface area (Å²) >= 11 is 6.25. The number of carbonyl (C=O) groups excluding carboxylic acids is 1. The van der Waals surface area contributed by atoms with Crippen molar-refractivity contribution in [2.75, 3.05) is 0 Å². The molecule has 6 nitrogen and oxygen atoms in total. The molecule has 0 aliphatic rings. The average Bonchev–Trinajstić information content (AvgIpc) is 2.62. The predicted molar refractivity (Wildman–Crippen MR) is 98.4 cm³/mol. The normalized spacial score (nSPS) is 12.0. The Morgan fingerprint density at radius 3 is 2.92 bits per heavy atom. The van der Waals surface area contributed by atoms with Gasteiger partial charge in [-0.3, -0.25) is 9.78 Å². The number of rotatable bonds is 5. The molecule has 0 spiro atoms. The van der Waals surface area contributed by atoms with E-state index < -0.39 is 11.7 Å². The minimum absolute atomic E-state index is 0.275. The number of amides is 1. The van der Waals surface area contributed by atoms with E-state index in [-0.39, 0.29) is 11.7 Å². The summed E-state index contributed by atoms with van der Waals surface area (Å²) in [6.45, 7) is 3.76. The molecule has 0 aliphatic carbocycles. The third kappa shape index (κ3) is 4.03. The largest absolute Gasteiger partial charge is 0.479 e. The average molecular weight is 373 g/mol. The summed E-state index contributed by atoms with van der Waals surface area (Å²) in [5.41, 5.74) is 1.55. The smallest absolute Gasteiger partial charge is 0.336 e. The summed E-state index contributed by atoms with van der Waals surface area (Å²) in [5, 5.41) is 3.83. The third-order valence-corrected chi connectivity index (χ3v) is 4.16. The van der Waals surface area contributed by atoms with Crippen LogP contribution < -0.4 is 15.7 Å². The van der Waals surface area contributed by atoms with Crippen LogP contribution in [0.1, 0.15) is 18.1 Å². The van der Waals surface area contributed by atoms with Crippen LogP contribution >= 0.6 is 11.6 Å². The molecular weight excluding hydrogens is 356 g/mol. The summed E-state index contributed by atoms with van der Waals surface area (Å²) in [5.74, 6) is -0.0207. The van der Waals surface area contributed by atoms with Crippen molar-refractivity contribution in [2.24, 2.45) is 0 Å². The van der Waals surface area contributed by atoms with E-state index in [1.54, 1.807) is 38.4 Å². The Hall–Kier alpha value is -2.86. The van der Waals surface area contributed by atoms with E-state index in [4.69, 9.17) is 20.8 Å². The maximum Gasteiger partial charge on any atom is 0.336 e. The van der Waals surface area contributed by atoms with E-state index in [9.17, 15) is 9.59 Å². The van der Waals surface area contributed by atoms with Gasteiger partial charge >= 0.3 is 5.63 Å². The lowest BCUT2D eigenvalue weighted by molar-refractivity contribution is -0.127. The first-order valence-corrected chi connectivity index (χ1v) is 8.39. The summed E-state index contributed by atoms with van der Waals surface area (Å²) in [6.07, 6.45) is 2.56. The number of hydrogen-bond donors (Lipinski definition) is 1. The lowest BCUT2D eigenvalue weighted by Gasteiger charge is -2.16. The molecule has 2 heterocycles. The fraction of sp³-hybridized carbons (Fsp3) is 0.211. The number of pyridine rings is 1. The molecular formula is C19H17ClN2O4. The van der Waals surface area contributed by atoms with Gasteiger partial charge in [-0.25, -0.2) is 4.79 Å². The Morgan fingerprint density at radius 1 is 1.38 bits per heavy atom. The van der Waals surface area contributed by atoms with E-state index >= 15 is 0 Å². The first-order chi connectivity index (χ1) is 12.4. The van der Waals surface area contributed by atoms with Crippen LogP contribution in [0.2, 0.25) is 5.02 Å². The monoisotopic (exact) mass is 372 g/mol. The number of benzene rings is 1. The quantitative estimate of drug-likeness (QED) is 0.695. The van der Waals surface area contributed by atoms with Gasteiger partial charge in [0, 0.05) is 36.5 Å². The van der Waals surface area contributed by atoms with Gasteiger partial charge < -0.3 is 14.5 Å². The molecule has 2 aromatic heterocycles. The first kappa shape index (κ1) is 17.9. The predicted octanol–water partition coefficient (Wildman–Crippen LogP) is 3.23. The number of aryl methyl sites for hydroxylation is 1. The second-order valence-electron chi connectivity index (χ2n) is 5.87. The van der Waals surface area contributed by atoms with Crippen LogP contribution in [0.15, 0.2) is 51.9 Å². The zero-order valence-electron chi connectivity index (χ0n) is 14.3. The molecule has 3 rings (SSSR count). The Labute approximate surface area is 154 Å². The molecule has 134 valence electrons. The van der Waals surface area contributed by atoms with Crippen molar-refractivity contribution in [3.8, 4) is 5.75 Å². The van der Waals surface area contributed by atoms with Gasteiger partial charge in [0.25, 0.3) is 5.91 Å². The zero-order chi connectivity index (χ0) is 18.7. The minimum Gasteiger partial charge on any atom is -0.479 e. The third-order valence-electron chi connectivity index (χ3n) is 3.87. The number of aromatic nitrogens is 1. The van der Waals surface area contributed by atoms with Crippen LogP contribution in [-0.2, 0) is 11.3 Å². The molecule has 0 saturated carbocycles. The second-order valence-corrected chi connectivity index (χ2v) is 6.27. The maximum absolute atomic E-state index is 12.2. The molecule has 0 saturated heterocycles. The van der Waals surface area contributed by atoms with Crippen molar-refractivity contribution in [3.05, 3.63) is 69.3 Å². The highest BCUT2D eigenvalue weighted by Crippen LogP contribution is 2.31. The van der Waals surface area contributed by atoms with E-state index in [0.717, 1.165) is 16.5 Å². The molecule has 1 unspecified atom stereocenters. The van der Waals surface area contributed by atoms with Crippen LogP contribution in [0.25, 0.3) is 11.0 Å². The second kappa shape index (κ2) is 7.58. The Morgan fingerprint density at radius 2 is 2.19 bits per heavy atom. The highest BCUT2D eigenvalue weighted by Gasteiger charge is 2.17. The molecule has 0 radical (unpaired) electrons. The van der Waals surface area contributed by atoms with Crippen molar-refractivity contribution in [2.45, 2.75) is 26.5 Å². The van der Waals surface area contributed by atoms with E-state index in [0.29, 0.717) is 17.2 Å². The van der Waals surface area contributed by atoms with Crippen molar-refractivity contribution >= 4 is 28.5 Å². The minimum atomic E-state index is -0.779. The molecule has 0 fully saturated rings. The molecule has 3 aromatic rings. The highest BCUT2D eigenvalue weighted by molar-refractivity contribution is 6.32. The number of carbonyl (C=O) groups is 1. The Kier molecular flexibility index (Phi) is 5.23. The summed E-state index contributed by atoms with van der Waals surface area (Å²) in [7, 11) is 0. The summed E-state index contributed by atoms with van der Waals surface area (Å²) in [4.78, 5) is 27.8. The van der Waals surface area contributed by atoms with Gasteiger partial charge in [-0.05, 0) is 37.1 Å². The number of fused-ring (bicyclic) bond motifs is 1. The topological polar surface area (TPSA) is 81.4 Å². The van der Waals surface area contributed by atoms with Crippen molar-refractivity contribution in [1.29, 1.82) is 0 Å². The Bertz CT molecular complexity index is 1000. The zero-order valence-corrected chi connectivity index (χ0v) is 15.0. The maximum atomic E-state index is 12.2. The SMILES string of the molecule is Cc1cc(=O)oc2cc(OC(C)C(=O)NCc3cccnc3)c(Cl)cc12. The van der Waals surface area contributed by atoms with Gasteiger partial charge in [0.1, 0.15) is 11.3 Å². The molecule has 1 aromatic carbocycles. The van der Waals surface area contributed by atoms with Gasteiger partial charge in [-0.15, -0.1) is 0 Å². The van der Waals surface area contributed by atoms with Gasteiger partial charge in [0.05, 0.1) is 5.02 Å². The van der Waals surface area contributed by atoms with E-state index in [1.807, 2.05) is 6.07 Å². The van der Waals surface area contributed by atoms with Crippen molar-refractivity contribution < 1.29 is 13.9 Å². The summed E-state index contributed by atoms with van der Waals surface area (Å²) < 4.78 is 10.8. The molecule has 7 heteroatoms. The van der Waals surface area contributed by atoms with Gasteiger partial charge in [-0.1, -0.05) is 17.7 Å². The van der Waals surface area contributed by atoms with Gasteiger partial charge in [0.2, 0.25) is 0 Å². The van der Waals surface area contributed by atoms with E-state index in [2.05, 4.69) is 10.3 Å². The molecule has 0 bridgehead atoms. The molecule has 1 amide bonds. The fourth-order valence-corrected chi connectivity index (χ4v) is 2.70. The van der Waals surface area contributed by atoms with E-state index in [1.165, 1.54) is 12.1 Å².